The standard InChI is InChI=1S/2C50H86O7S.Ca/c2*1-3-5-7-9-11-13-15-17-19-21-23-25-27-29-31-33-35-37-39-43-56-49(51)47-42-41-46(58(53,54)55)45-48(47)50(52)57-44-40-38-36-34-32-30-28-26-24-22-20-18-16-14-12-10-8-6-4-2;/h2*33-36,41-42,45H,3-32,37-40,43-44H2,1-2H3,(H,53,54,55);/q;;+2/p-2/b2*35-33+,36-34+;. The van der Waals surface area contributed by atoms with Crippen LogP contribution in [0.3, 0.4) is 0 Å². The molecule has 0 radical (unpaired) electrons. The van der Waals surface area contributed by atoms with E-state index >= 15 is 0 Å². The van der Waals surface area contributed by atoms with E-state index in [2.05, 4.69) is 76.3 Å². The monoisotopic (exact) mass is 1700 g/mol. The summed E-state index contributed by atoms with van der Waals surface area (Å²) in [5.41, 5.74) is -0.774. The summed E-state index contributed by atoms with van der Waals surface area (Å²) < 4.78 is 91.6. The van der Waals surface area contributed by atoms with Gasteiger partial charge in [0.25, 0.3) is 0 Å². The first kappa shape index (κ1) is 113. The van der Waals surface area contributed by atoms with Gasteiger partial charge in [0.05, 0.1) is 58.5 Å². The summed E-state index contributed by atoms with van der Waals surface area (Å²) in [6.07, 6.45) is 102. The van der Waals surface area contributed by atoms with Crippen LogP contribution in [0.5, 0.6) is 0 Å². The zero-order valence-corrected chi connectivity index (χ0v) is 79.1. The minimum absolute atomic E-state index is 0. The van der Waals surface area contributed by atoms with Gasteiger partial charge in [-0.05, 0) is 139 Å². The Morgan fingerprint density at radius 2 is 0.376 bits per heavy atom. The fourth-order valence-corrected chi connectivity index (χ4v) is 15.6. The average Bonchev–Trinajstić information content (AvgIpc) is 0.814. The molecule has 0 bridgehead atoms. The van der Waals surface area contributed by atoms with Crippen molar-refractivity contribution in [2.45, 2.75) is 474 Å². The Labute approximate surface area is 747 Å². The zero-order chi connectivity index (χ0) is 84.4. The molecule has 0 atom stereocenters. The number of hydrogen-bond donors (Lipinski definition) is 0. The predicted octanol–water partition coefficient (Wildman–Crippen LogP) is 30.3. The molecule has 14 nitrogen and oxygen atoms in total. The Bertz CT molecular complexity index is 2810. The van der Waals surface area contributed by atoms with E-state index in [9.17, 15) is 45.1 Å². The predicted molar refractivity (Wildman–Crippen MR) is 489 cm³/mol. The third kappa shape index (κ3) is 71.5. The third-order valence-corrected chi connectivity index (χ3v) is 23.7. The summed E-state index contributed by atoms with van der Waals surface area (Å²) in [7, 11) is -9.66. The van der Waals surface area contributed by atoms with E-state index in [-0.39, 0.29) is 86.4 Å². The van der Waals surface area contributed by atoms with E-state index in [4.69, 9.17) is 18.9 Å². The molecule has 0 aliphatic heterocycles. The molecule has 668 valence electrons. The normalized spacial score (nSPS) is 11.8. The van der Waals surface area contributed by atoms with Crippen molar-refractivity contribution in [3.8, 4) is 0 Å². The van der Waals surface area contributed by atoms with Crippen LogP contribution >= 0.6 is 0 Å². The molecule has 0 aliphatic rings. The molecular weight excluding hydrogens is 1530 g/mol. The molecule has 0 spiro atoms. The maximum Gasteiger partial charge on any atom is 2.00 e. The molecule has 0 saturated heterocycles. The summed E-state index contributed by atoms with van der Waals surface area (Å²) in [6.45, 7) is 9.60. The molecular formula is C100H170CaO14S2. The van der Waals surface area contributed by atoms with E-state index in [0.29, 0.717) is 25.7 Å². The SMILES string of the molecule is CCCCCCCCCCCCCCCC/C=C/CCCOC(=O)c1ccc(S(=O)(=O)[O-])cc1C(=O)OCCC/C=C/CCCCCCCCCCCCCCCC.CCCCCCCCCCCCCCCC/C=C/CCCOC(=O)c1ccc(S(=O)(=O)[O-])cc1C(=O)OCCC/C=C/CCCCCCCCCCCCCCCC.[Ca+2]. The zero-order valence-electron chi connectivity index (χ0n) is 75.2. The first-order valence-electron chi connectivity index (χ1n) is 48.1. The number of carbonyl (C=O) groups is 4. The van der Waals surface area contributed by atoms with Crippen LogP contribution in [-0.2, 0) is 39.2 Å². The van der Waals surface area contributed by atoms with Gasteiger partial charge in [0.2, 0.25) is 0 Å². The van der Waals surface area contributed by atoms with Gasteiger partial charge in [-0.2, -0.15) is 0 Å². The molecule has 0 heterocycles. The second-order valence-corrected chi connectivity index (χ2v) is 35.6. The molecule has 0 N–H and O–H groups in total. The van der Waals surface area contributed by atoms with Gasteiger partial charge in [0.1, 0.15) is 20.2 Å². The van der Waals surface area contributed by atoms with Crippen molar-refractivity contribution >= 4 is 81.9 Å². The Hall–Kier alpha value is -3.64. The van der Waals surface area contributed by atoms with Gasteiger partial charge in [-0.1, -0.05) is 410 Å². The van der Waals surface area contributed by atoms with Gasteiger partial charge in [-0.15, -0.1) is 0 Å². The fraction of sp³-hybridized carbons (Fsp3) is 0.760. The van der Waals surface area contributed by atoms with E-state index in [0.717, 1.165) is 87.8 Å². The number of esters is 4. The number of carbonyl (C=O) groups excluding carboxylic acids is 4. The van der Waals surface area contributed by atoms with Crippen LogP contribution in [0, 0.1) is 0 Å². The Balaban J connectivity index is 0.00000228. The van der Waals surface area contributed by atoms with Crippen LogP contribution in [-0.4, -0.2) is 114 Å². The van der Waals surface area contributed by atoms with Gasteiger partial charge >= 0.3 is 61.6 Å². The third-order valence-electron chi connectivity index (χ3n) is 22.0. The van der Waals surface area contributed by atoms with Gasteiger partial charge in [-0.3, -0.25) is 0 Å². The van der Waals surface area contributed by atoms with Gasteiger partial charge in [0, 0.05) is 0 Å². The summed E-state index contributed by atoms with van der Waals surface area (Å²) in [5.74, 6) is -3.20. The van der Waals surface area contributed by atoms with Crippen molar-refractivity contribution in [1.29, 1.82) is 0 Å². The van der Waals surface area contributed by atoms with Crippen molar-refractivity contribution in [3.63, 3.8) is 0 Å². The van der Waals surface area contributed by atoms with Gasteiger partial charge in [-0.25, -0.2) is 36.0 Å². The number of hydrogen-bond acceptors (Lipinski definition) is 14. The molecule has 0 aromatic heterocycles. The molecule has 2 aromatic rings. The molecule has 0 amide bonds. The minimum Gasteiger partial charge on any atom is -0.744 e. The largest absolute Gasteiger partial charge is 2.00 e. The van der Waals surface area contributed by atoms with Gasteiger partial charge < -0.3 is 28.1 Å². The molecule has 2 aromatic carbocycles. The van der Waals surface area contributed by atoms with Crippen molar-refractivity contribution in [1.82, 2.24) is 0 Å². The Kier molecular flexibility index (Phi) is 81.9. The second-order valence-electron chi connectivity index (χ2n) is 32.9. The van der Waals surface area contributed by atoms with Crippen LogP contribution in [0.15, 0.2) is 94.8 Å². The molecule has 0 unspecified atom stereocenters. The molecule has 0 saturated carbocycles. The second kappa shape index (κ2) is 84.6. The maximum atomic E-state index is 12.9. The number of benzene rings is 2. The topological polar surface area (TPSA) is 220 Å². The summed E-state index contributed by atoms with van der Waals surface area (Å²) >= 11 is 0. The molecule has 0 fully saturated rings. The van der Waals surface area contributed by atoms with E-state index < -0.39 is 53.9 Å². The van der Waals surface area contributed by atoms with Crippen molar-refractivity contribution in [2.24, 2.45) is 0 Å². The Morgan fingerprint density at radius 1 is 0.231 bits per heavy atom. The molecule has 17 heteroatoms. The smallest absolute Gasteiger partial charge is 0.744 e. The molecule has 117 heavy (non-hydrogen) atoms. The summed E-state index contributed by atoms with van der Waals surface area (Å²) in [5, 5.41) is 0. The average molecular weight is 1700 g/mol. The molecule has 2 rings (SSSR count). The van der Waals surface area contributed by atoms with Crippen LogP contribution < -0.4 is 0 Å². The maximum absolute atomic E-state index is 12.9. The van der Waals surface area contributed by atoms with Crippen LogP contribution in [0.1, 0.15) is 506 Å². The minimum atomic E-state index is -4.83. The molecule has 0 aliphatic carbocycles. The quantitative estimate of drug-likeness (QED) is 0.0150. The first-order valence-corrected chi connectivity index (χ1v) is 50.9. The van der Waals surface area contributed by atoms with Gasteiger partial charge in [0.15, 0.2) is 0 Å². The van der Waals surface area contributed by atoms with E-state index in [1.54, 1.807) is 0 Å². The fourth-order valence-electron chi connectivity index (χ4n) is 14.6. The number of unbranched alkanes of at least 4 members (excludes halogenated alkanes) is 60. The van der Waals surface area contributed by atoms with Crippen LogP contribution in [0.4, 0.5) is 0 Å². The summed E-state index contributed by atoms with van der Waals surface area (Å²) in [6, 6.07) is 6.19. The van der Waals surface area contributed by atoms with E-state index in [1.165, 1.54) is 360 Å². The van der Waals surface area contributed by atoms with Crippen LogP contribution in [0.25, 0.3) is 0 Å². The van der Waals surface area contributed by atoms with Crippen molar-refractivity contribution in [2.75, 3.05) is 26.4 Å². The summed E-state index contributed by atoms with van der Waals surface area (Å²) in [4.78, 5) is 50.5. The number of rotatable bonds is 82. The number of allylic oxidation sites excluding steroid dienone is 8. The first-order chi connectivity index (χ1) is 56.6. The van der Waals surface area contributed by atoms with Crippen molar-refractivity contribution in [3.05, 3.63) is 107 Å². The van der Waals surface area contributed by atoms with E-state index in [1.807, 2.05) is 0 Å². The number of ether oxygens (including phenoxy) is 4. The van der Waals surface area contributed by atoms with Crippen molar-refractivity contribution < 1.29 is 64.1 Å². The van der Waals surface area contributed by atoms with Crippen LogP contribution in [0.2, 0.25) is 0 Å². The Morgan fingerprint density at radius 3 is 0.538 bits per heavy atom.